The quantitative estimate of drug-likeness (QED) is 0.889. The normalized spacial score (nSPS) is 30.1. The standard InChI is InChI=1S/C17H24N2O/c1-12-10-11-17(16(18)20,19-13-6-2-3-7-13)15-9-5-4-8-14(12)15/h4-5,8-9,12-13,19H,2-3,6-7,10-11H2,1H3,(H2,18,20). The van der Waals surface area contributed by atoms with Crippen molar-refractivity contribution in [1.82, 2.24) is 5.32 Å². The van der Waals surface area contributed by atoms with Crippen LogP contribution in [-0.4, -0.2) is 11.9 Å². The van der Waals surface area contributed by atoms with Gasteiger partial charge in [0.05, 0.1) is 0 Å². The predicted octanol–water partition coefficient (Wildman–Crippen LogP) is 2.80. The average Bonchev–Trinajstić information content (AvgIpc) is 2.95. The molecule has 2 atom stereocenters. The molecule has 0 aromatic heterocycles. The highest BCUT2D eigenvalue weighted by molar-refractivity contribution is 5.87. The van der Waals surface area contributed by atoms with E-state index in [9.17, 15) is 4.79 Å². The van der Waals surface area contributed by atoms with E-state index in [2.05, 4.69) is 30.4 Å². The van der Waals surface area contributed by atoms with E-state index in [1.165, 1.54) is 18.4 Å². The molecule has 108 valence electrons. The van der Waals surface area contributed by atoms with Crippen LogP contribution in [0.4, 0.5) is 0 Å². The molecule has 1 amide bonds. The number of benzene rings is 1. The van der Waals surface area contributed by atoms with Gasteiger partial charge in [-0.3, -0.25) is 10.1 Å². The van der Waals surface area contributed by atoms with Gasteiger partial charge in [-0.15, -0.1) is 0 Å². The van der Waals surface area contributed by atoms with Crippen molar-refractivity contribution >= 4 is 5.91 Å². The highest BCUT2D eigenvalue weighted by atomic mass is 16.1. The van der Waals surface area contributed by atoms with Crippen molar-refractivity contribution in [2.24, 2.45) is 5.73 Å². The minimum atomic E-state index is -0.655. The molecule has 3 rings (SSSR count). The Hall–Kier alpha value is -1.35. The van der Waals surface area contributed by atoms with E-state index in [-0.39, 0.29) is 5.91 Å². The summed E-state index contributed by atoms with van der Waals surface area (Å²) < 4.78 is 0. The second-order valence-electron chi connectivity index (χ2n) is 6.42. The monoisotopic (exact) mass is 272 g/mol. The van der Waals surface area contributed by atoms with E-state index >= 15 is 0 Å². The molecule has 0 bridgehead atoms. The van der Waals surface area contributed by atoms with Gasteiger partial charge in [-0.25, -0.2) is 0 Å². The first-order chi connectivity index (χ1) is 9.63. The van der Waals surface area contributed by atoms with Gasteiger partial charge in [-0.1, -0.05) is 44.0 Å². The summed E-state index contributed by atoms with van der Waals surface area (Å²) in [5, 5.41) is 3.63. The largest absolute Gasteiger partial charge is 0.368 e. The van der Waals surface area contributed by atoms with Gasteiger partial charge in [0.25, 0.3) is 0 Å². The lowest BCUT2D eigenvalue weighted by atomic mass is 9.71. The van der Waals surface area contributed by atoms with Crippen molar-refractivity contribution < 1.29 is 4.79 Å². The summed E-state index contributed by atoms with van der Waals surface area (Å²) in [7, 11) is 0. The van der Waals surface area contributed by atoms with E-state index in [1.54, 1.807) is 0 Å². The van der Waals surface area contributed by atoms with Crippen LogP contribution in [0, 0.1) is 0 Å². The van der Waals surface area contributed by atoms with Gasteiger partial charge in [0.15, 0.2) is 0 Å². The third kappa shape index (κ3) is 2.14. The molecule has 3 N–H and O–H groups in total. The fourth-order valence-electron chi connectivity index (χ4n) is 3.93. The fraction of sp³-hybridized carbons (Fsp3) is 0.588. The van der Waals surface area contributed by atoms with Gasteiger partial charge < -0.3 is 5.73 Å². The second-order valence-corrected chi connectivity index (χ2v) is 6.42. The molecule has 20 heavy (non-hydrogen) atoms. The smallest absolute Gasteiger partial charge is 0.242 e. The predicted molar refractivity (Wildman–Crippen MR) is 80.4 cm³/mol. The Morgan fingerprint density at radius 1 is 1.25 bits per heavy atom. The van der Waals surface area contributed by atoms with Crippen molar-refractivity contribution in [1.29, 1.82) is 0 Å². The number of hydrogen-bond acceptors (Lipinski definition) is 2. The van der Waals surface area contributed by atoms with Crippen LogP contribution in [0.3, 0.4) is 0 Å². The number of carbonyl (C=O) groups excluding carboxylic acids is 1. The number of nitrogens with two attached hydrogens (primary N) is 1. The molecule has 1 fully saturated rings. The summed E-state index contributed by atoms with van der Waals surface area (Å²) >= 11 is 0. The molecular weight excluding hydrogens is 248 g/mol. The van der Waals surface area contributed by atoms with Gasteiger partial charge in [-0.2, -0.15) is 0 Å². The maximum atomic E-state index is 12.3. The van der Waals surface area contributed by atoms with Crippen LogP contribution in [0.25, 0.3) is 0 Å². The number of carbonyl (C=O) groups is 1. The molecule has 3 heteroatoms. The molecule has 0 heterocycles. The maximum absolute atomic E-state index is 12.3. The van der Waals surface area contributed by atoms with E-state index < -0.39 is 5.54 Å². The van der Waals surface area contributed by atoms with E-state index in [4.69, 9.17) is 5.73 Å². The lowest BCUT2D eigenvalue weighted by Gasteiger charge is -2.41. The summed E-state index contributed by atoms with van der Waals surface area (Å²) in [6.07, 6.45) is 6.66. The van der Waals surface area contributed by atoms with Crippen molar-refractivity contribution in [3.63, 3.8) is 0 Å². The van der Waals surface area contributed by atoms with E-state index in [1.807, 2.05) is 6.07 Å². The van der Waals surface area contributed by atoms with Gasteiger partial charge in [0.2, 0.25) is 5.91 Å². The number of primary amides is 1. The Kier molecular flexibility index (Phi) is 3.55. The summed E-state index contributed by atoms with van der Waals surface area (Å²) in [6.45, 7) is 2.24. The molecule has 0 saturated heterocycles. The third-order valence-corrected chi connectivity index (χ3v) is 5.13. The van der Waals surface area contributed by atoms with Gasteiger partial charge in [0.1, 0.15) is 5.54 Å². The highest BCUT2D eigenvalue weighted by Crippen LogP contribution is 2.42. The van der Waals surface area contributed by atoms with Gasteiger partial charge in [-0.05, 0) is 42.7 Å². The van der Waals surface area contributed by atoms with Crippen molar-refractivity contribution in [3.8, 4) is 0 Å². The molecule has 0 radical (unpaired) electrons. The number of nitrogens with one attached hydrogen (secondary N) is 1. The minimum Gasteiger partial charge on any atom is -0.368 e. The molecule has 0 aliphatic heterocycles. The Morgan fingerprint density at radius 2 is 1.95 bits per heavy atom. The topological polar surface area (TPSA) is 55.1 Å². The summed E-state index contributed by atoms with van der Waals surface area (Å²) in [5.41, 5.74) is 7.57. The minimum absolute atomic E-state index is 0.219. The zero-order chi connectivity index (χ0) is 14.2. The van der Waals surface area contributed by atoms with Crippen LogP contribution in [0.2, 0.25) is 0 Å². The Morgan fingerprint density at radius 3 is 2.65 bits per heavy atom. The Balaban J connectivity index is 2.02. The first kappa shape index (κ1) is 13.6. The summed E-state index contributed by atoms with van der Waals surface area (Å²) in [5.74, 6) is 0.285. The number of hydrogen-bond donors (Lipinski definition) is 2. The van der Waals surface area contributed by atoms with Crippen LogP contribution in [-0.2, 0) is 10.3 Å². The molecule has 2 aliphatic carbocycles. The third-order valence-electron chi connectivity index (χ3n) is 5.13. The number of fused-ring (bicyclic) bond motifs is 1. The Labute approximate surface area is 120 Å². The zero-order valence-corrected chi connectivity index (χ0v) is 12.2. The van der Waals surface area contributed by atoms with Gasteiger partial charge >= 0.3 is 0 Å². The van der Waals surface area contributed by atoms with Crippen molar-refractivity contribution in [2.75, 3.05) is 0 Å². The van der Waals surface area contributed by atoms with Crippen molar-refractivity contribution in [2.45, 2.75) is 62.9 Å². The average molecular weight is 272 g/mol. The first-order valence-electron chi connectivity index (χ1n) is 7.80. The lowest BCUT2D eigenvalue weighted by Crippen LogP contribution is -2.57. The van der Waals surface area contributed by atoms with Gasteiger partial charge in [0, 0.05) is 6.04 Å². The summed E-state index contributed by atoms with van der Waals surface area (Å²) in [4.78, 5) is 12.3. The van der Waals surface area contributed by atoms with E-state index in [0.717, 1.165) is 31.2 Å². The van der Waals surface area contributed by atoms with Crippen LogP contribution < -0.4 is 11.1 Å². The molecule has 2 unspecified atom stereocenters. The highest BCUT2D eigenvalue weighted by Gasteiger charge is 2.44. The van der Waals surface area contributed by atoms with Crippen LogP contribution >= 0.6 is 0 Å². The number of amides is 1. The molecule has 1 aromatic carbocycles. The fourth-order valence-corrected chi connectivity index (χ4v) is 3.93. The zero-order valence-electron chi connectivity index (χ0n) is 12.2. The lowest BCUT2D eigenvalue weighted by molar-refractivity contribution is -0.126. The molecule has 1 aromatic rings. The van der Waals surface area contributed by atoms with Crippen LogP contribution in [0.1, 0.15) is 62.5 Å². The molecule has 3 nitrogen and oxygen atoms in total. The SMILES string of the molecule is CC1CCC(NC2CCCC2)(C(N)=O)c2ccccc21. The number of rotatable bonds is 3. The summed E-state index contributed by atoms with van der Waals surface area (Å²) in [6, 6.07) is 8.74. The first-order valence-corrected chi connectivity index (χ1v) is 7.80. The molecule has 2 aliphatic rings. The molecular formula is C17H24N2O. The maximum Gasteiger partial charge on any atom is 0.242 e. The Bertz CT molecular complexity index is 507. The molecule has 0 spiro atoms. The van der Waals surface area contributed by atoms with Crippen molar-refractivity contribution in [3.05, 3.63) is 35.4 Å². The van der Waals surface area contributed by atoms with Crippen LogP contribution in [0.15, 0.2) is 24.3 Å². The van der Waals surface area contributed by atoms with E-state index in [0.29, 0.717) is 12.0 Å². The molecule has 1 saturated carbocycles. The second kappa shape index (κ2) is 5.21. The van der Waals surface area contributed by atoms with Crippen LogP contribution in [0.5, 0.6) is 0 Å².